The first kappa shape index (κ1) is 32.7. The van der Waals surface area contributed by atoms with Gasteiger partial charge in [0.15, 0.2) is 0 Å². The van der Waals surface area contributed by atoms with Crippen LogP contribution in [0, 0.1) is 38.5 Å². The van der Waals surface area contributed by atoms with E-state index in [1.54, 1.807) is 0 Å². The number of hydrogen-bond acceptors (Lipinski definition) is 0. The zero-order chi connectivity index (χ0) is 15.0. The van der Waals surface area contributed by atoms with Gasteiger partial charge in [-0.05, 0) is 17.8 Å². The molecule has 0 aromatic carbocycles. The van der Waals surface area contributed by atoms with Crippen LogP contribution in [0.5, 0.6) is 0 Å². The van der Waals surface area contributed by atoms with E-state index in [1.807, 2.05) is 0 Å². The molecular weight excluding hydrogens is 411 g/mol. The minimum absolute atomic E-state index is 0. The second kappa shape index (κ2) is 28.1. The van der Waals surface area contributed by atoms with E-state index in [4.69, 9.17) is 0 Å². The molecule has 0 saturated heterocycles. The van der Waals surface area contributed by atoms with Crippen LogP contribution in [-0.4, -0.2) is 5.48 Å². The summed E-state index contributed by atoms with van der Waals surface area (Å²) in [7, 11) is 0. The maximum absolute atomic E-state index is 3.73. The molecule has 0 unspecified atom stereocenters. The molecule has 0 rings (SSSR count). The molecule has 0 radical (unpaired) electrons. The molecule has 0 spiro atoms. The van der Waals surface area contributed by atoms with Crippen molar-refractivity contribution < 1.29 is 31.3 Å². The Morgan fingerprint density at radius 1 is 0.550 bits per heavy atom. The first-order chi connectivity index (χ1) is 8.31. The van der Waals surface area contributed by atoms with Crippen LogP contribution in [0.4, 0.5) is 0 Å². The summed E-state index contributed by atoms with van der Waals surface area (Å²) in [5.41, 5.74) is 0. The molecule has 0 heterocycles. The summed E-state index contributed by atoms with van der Waals surface area (Å²) < 4.78 is 0. The molecule has 20 heavy (non-hydrogen) atoms. The molecule has 1 nitrogen and oxygen atoms in total. The Balaban J connectivity index is -0.0000000536. The molecule has 0 fully saturated rings. The SMILES string of the molecule is O.[CH2-]CCC(C)C.[CH2-]CCC(C)C.[CH2-]CCC(C)C.[Hf]. The fourth-order valence-electron chi connectivity index (χ4n) is 1.22. The van der Waals surface area contributed by atoms with E-state index in [9.17, 15) is 0 Å². The normalized spacial score (nSPS) is 9.00. The molecule has 0 aromatic rings. The average Bonchev–Trinajstić information content (AvgIpc) is 2.18. The average molecular weight is 452 g/mol. The van der Waals surface area contributed by atoms with E-state index >= 15 is 0 Å². The van der Waals surface area contributed by atoms with Crippen LogP contribution in [0.15, 0.2) is 0 Å². The second-order valence-corrected chi connectivity index (χ2v) is 6.11. The van der Waals surface area contributed by atoms with Gasteiger partial charge in [0.05, 0.1) is 0 Å². The van der Waals surface area contributed by atoms with Gasteiger partial charge in [0.25, 0.3) is 0 Å². The third-order valence-electron chi connectivity index (χ3n) is 2.34. The van der Waals surface area contributed by atoms with Crippen LogP contribution in [0.1, 0.15) is 80.1 Å². The summed E-state index contributed by atoms with van der Waals surface area (Å²) in [6.45, 7) is 24.5. The molecular formula is C18H41HfO-3. The maximum Gasteiger partial charge on any atom is 0 e. The molecule has 0 amide bonds. The van der Waals surface area contributed by atoms with Gasteiger partial charge in [-0.15, -0.1) is 0 Å². The predicted molar refractivity (Wildman–Crippen MR) is 91.9 cm³/mol. The Hall–Kier alpha value is 0.830. The molecule has 0 aromatic heterocycles. The standard InChI is InChI=1S/3C6H13.Hf.H2O/c3*1-4-5-6(2)3;;/h3*6H,1,4-5H2,2-3H3;;1H2/q3*-1;;. The van der Waals surface area contributed by atoms with E-state index in [-0.39, 0.29) is 31.3 Å². The third kappa shape index (κ3) is 62.0. The quantitative estimate of drug-likeness (QED) is 0.353. The van der Waals surface area contributed by atoms with Crippen molar-refractivity contribution in [2.75, 3.05) is 0 Å². The molecule has 0 aliphatic rings. The number of rotatable bonds is 6. The van der Waals surface area contributed by atoms with Crippen LogP contribution in [0.25, 0.3) is 0 Å². The summed E-state index contributed by atoms with van der Waals surface area (Å²) in [4.78, 5) is 0. The topological polar surface area (TPSA) is 31.5 Å². The molecule has 126 valence electrons. The summed E-state index contributed by atoms with van der Waals surface area (Å²) >= 11 is 0. The van der Waals surface area contributed by atoms with Gasteiger partial charge in [-0.2, -0.15) is 19.3 Å². The van der Waals surface area contributed by atoms with Crippen LogP contribution in [0.2, 0.25) is 0 Å². The third-order valence-corrected chi connectivity index (χ3v) is 2.34. The monoisotopic (exact) mass is 453 g/mol. The summed E-state index contributed by atoms with van der Waals surface area (Å²) in [6, 6.07) is 0. The molecule has 0 atom stereocenters. The first-order valence-electron chi connectivity index (χ1n) is 7.69. The van der Waals surface area contributed by atoms with E-state index in [0.29, 0.717) is 0 Å². The molecule has 2 heteroatoms. The van der Waals surface area contributed by atoms with Crippen molar-refractivity contribution >= 4 is 0 Å². The van der Waals surface area contributed by atoms with Crippen molar-refractivity contribution in [3.63, 3.8) is 0 Å². The Labute approximate surface area is 149 Å². The first-order valence-corrected chi connectivity index (χ1v) is 7.69. The van der Waals surface area contributed by atoms with Crippen LogP contribution < -0.4 is 0 Å². The molecule has 0 bridgehead atoms. The van der Waals surface area contributed by atoms with Crippen LogP contribution in [0.3, 0.4) is 0 Å². The molecule has 0 aliphatic carbocycles. The van der Waals surface area contributed by atoms with E-state index in [1.165, 1.54) is 19.3 Å². The Bertz CT molecular complexity index is 98.8. The van der Waals surface area contributed by atoms with Gasteiger partial charge in [0, 0.05) is 25.8 Å². The second-order valence-electron chi connectivity index (χ2n) is 6.11. The summed E-state index contributed by atoms with van der Waals surface area (Å²) in [6.07, 6.45) is 7.03. The summed E-state index contributed by atoms with van der Waals surface area (Å²) in [5, 5.41) is 0. The molecule has 0 saturated carbocycles. The van der Waals surface area contributed by atoms with Gasteiger partial charge < -0.3 is 26.2 Å². The number of hydrogen-bond donors (Lipinski definition) is 0. The van der Waals surface area contributed by atoms with Crippen molar-refractivity contribution in [1.29, 1.82) is 0 Å². The van der Waals surface area contributed by atoms with Gasteiger partial charge in [-0.3, -0.25) is 0 Å². The fraction of sp³-hybridized carbons (Fsp3) is 0.833. The minimum Gasteiger partial charge on any atom is -0.412 e. The molecule has 0 aliphatic heterocycles. The van der Waals surface area contributed by atoms with Gasteiger partial charge in [-0.25, -0.2) is 0 Å². The zero-order valence-corrected chi connectivity index (χ0v) is 18.7. The summed E-state index contributed by atoms with van der Waals surface area (Å²) in [5.74, 6) is 2.51. The van der Waals surface area contributed by atoms with Crippen LogP contribution >= 0.6 is 0 Å². The van der Waals surface area contributed by atoms with Gasteiger partial charge in [0.1, 0.15) is 0 Å². The van der Waals surface area contributed by atoms with Crippen molar-refractivity contribution in [3.05, 3.63) is 20.8 Å². The minimum atomic E-state index is 0. The maximum atomic E-state index is 3.73. The Morgan fingerprint density at radius 3 is 0.700 bits per heavy atom. The van der Waals surface area contributed by atoms with E-state index < -0.39 is 0 Å². The smallest absolute Gasteiger partial charge is 0 e. The fourth-order valence-corrected chi connectivity index (χ4v) is 1.22. The Morgan fingerprint density at radius 2 is 0.700 bits per heavy atom. The zero-order valence-electron chi connectivity index (χ0n) is 15.1. The van der Waals surface area contributed by atoms with Crippen molar-refractivity contribution in [2.45, 2.75) is 80.1 Å². The Kier molecular flexibility index (Phi) is 45.9. The van der Waals surface area contributed by atoms with Crippen LogP contribution in [-0.2, 0) is 25.8 Å². The van der Waals surface area contributed by atoms with Crippen molar-refractivity contribution in [3.8, 4) is 0 Å². The predicted octanol–water partition coefficient (Wildman–Crippen LogP) is 5.94. The largest absolute Gasteiger partial charge is 0.412 e. The van der Waals surface area contributed by atoms with Gasteiger partial charge >= 0.3 is 0 Å². The van der Waals surface area contributed by atoms with E-state index in [2.05, 4.69) is 62.3 Å². The molecule has 2 N–H and O–H groups in total. The van der Waals surface area contributed by atoms with Crippen molar-refractivity contribution in [1.82, 2.24) is 0 Å². The van der Waals surface area contributed by atoms with E-state index in [0.717, 1.165) is 37.0 Å². The van der Waals surface area contributed by atoms with Gasteiger partial charge in [0.2, 0.25) is 0 Å². The van der Waals surface area contributed by atoms with Gasteiger partial charge in [-0.1, -0.05) is 60.8 Å². The van der Waals surface area contributed by atoms with Crippen molar-refractivity contribution in [2.24, 2.45) is 17.8 Å².